The molecule has 278 valence electrons. The lowest BCUT2D eigenvalue weighted by atomic mass is 9.58. The quantitative estimate of drug-likeness (QED) is 0.149. The predicted octanol–water partition coefficient (Wildman–Crippen LogP) is 3.63. The molecule has 0 aromatic heterocycles. The Hall–Kier alpha value is -5.05. The Morgan fingerprint density at radius 3 is 2.27 bits per heavy atom. The number of Topliss-reactive ketones (excluding diaryl/α,β-unsaturated/α-hetero) is 3. The minimum Gasteiger partial charge on any atom is -0.510 e. The molecule has 0 bridgehead atoms. The van der Waals surface area contributed by atoms with Crippen LogP contribution in [-0.2, 0) is 41.6 Å². The summed E-state index contributed by atoms with van der Waals surface area (Å²) in [6, 6.07) is 9.19. The normalized spacial score (nSPS) is 22.6. The summed E-state index contributed by atoms with van der Waals surface area (Å²) in [5.74, 6) is -7.12. The number of hydrogen-bond acceptors (Lipinski definition) is 13. The minimum atomic E-state index is -2.65. The van der Waals surface area contributed by atoms with Crippen LogP contribution in [0, 0.1) is 17.8 Å². The second kappa shape index (κ2) is 14.9. The number of aromatic hydroxyl groups is 1. The summed E-state index contributed by atoms with van der Waals surface area (Å²) in [6.07, 6.45) is -0.550. The van der Waals surface area contributed by atoms with E-state index in [0.29, 0.717) is 16.7 Å². The van der Waals surface area contributed by atoms with Crippen molar-refractivity contribution >= 4 is 29.4 Å². The van der Waals surface area contributed by atoms with Gasteiger partial charge in [0.1, 0.15) is 22.8 Å². The number of esters is 1. The van der Waals surface area contributed by atoms with Crippen molar-refractivity contribution in [3.8, 4) is 16.9 Å². The van der Waals surface area contributed by atoms with E-state index in [0.717, 1.165) is 12.5 Å². The highest BCUT2D eigenvalue weighted by Crippen LogP contribution is 2.53. The third-order valence-corrected chi connectivity index (χ3v) is 10.0. The average molecular weight is 721 g/mol. The number of likely N-dealkylation sites (N-methyl/N-ethyl adjacent to an activating group) is 1. The van der Waals surface area contributed by atoms with Crippen molar-refractivity contribution in [2.75, 3.05) is 41.1 Å². The third-order valence-electron chi connectivity index (χ3n) is 10.0. The molecular formula is C38H44N2O12. The first kappa shape index (κ1) is 38.2. The number of aliphatic hydroxyl groups is 3. The van der Waals surface area contributed by atoms with Crippen LogP contribution in [-0.4, -0.2) is 112 Å². The molecule has 0 saturated carbocycles. The average Bonchev–Trinajstić information content (AvgIpc) is 3.08. The first-order chi connectivity index (χ1) is 24.5. The molecule has 52 heavy (non-hydrogen) atoms. The van der Waals surface area contributed by atoms with E-state index in [-0.39, 0.29) is 55.3 Å². The molecule has 0 heterocycles. The molecule has 2 aromatic rings. The van der Waals surface area contributed by atoms with E-state index in [9.17, 15) is 44.4 Å². The van der Waals surface area contributed by atoms with Gasteiger partial charge in [-0.1, -0.05) is 44.2 Å². The molecule has 0 spiro atoms. The Morgan fingerprint density at radius 1 is 1.00 bits per heavy atom. The number of ether oxygens (including phenoxy) is 3. The van der Waals surface area contributed by atoms with Crippen molar-refractivity contribution in [3.05, 3.63) is 75.8 Å². The zero-order chi connectivity index (χ0) is 38.2. The van der Waals surface area contributed by atoms with Gasteiger partial charge in [-0.05, 0) is 68.1 Å². The van der Waals surface area contributed by atoms with Crippen molar-refractivity contribution in [2.24, 2.45) is 17.8 Å². The molecule has 0 saturated heterocycles. The number of carbonyl (C=O) groups excluding carboxylic acids is 5. The monoisotopic (exact) mass is 720 g/mol. The lowest BCUT2D eigenvalue weighted by molar-refractivity contribution is -0.156. The maximum Gasteiger partial charge on any atom is 0.413 e. The van der Waals surface area contributed by atoms with E-state index >= 15 is 0 Å². The van der Waals surface area contributed by atoms with Crippen LogP contribution in [0.15, 0.2) is 59.1 Å². The Bertz CT molecular complexity index is 1860. The number of nitrogens with zero attached hydrogens (tertiary/aromatic N) is 2. The van der Waals surface area contributed by atoms with Gasteiger partial charge in [0.15, 0.2) is 17.2 Å². The van der Waals surface area contributed by atoms with Gasteiger partial charge in [-0.2, -0.15) is 0 Å². The van der Waals surface area contributed by atoms with Gasteiger partial charge >= 0.3 is 12.1 Å². The fourth-order valence-corrected chi connectivity index (χ4v) is 7.47. The lowest BCUT2D eigenvalue weighted by Gasteiger charge is -2.50. The zero-order valence-corrected chi connectivity index (χ0v) is 30.0. The third kappa shape index (κ3) is 6.69. The number of allylic oxidation sites excluding steroid dienone is 1. The summed E-state index contributed by atoms with van der Waals surface area (Å²) in [7, 11) is 4.72. The van der Waals surface area contributed by atoms with E-state index < -0.39 is 76.8 Å². The summed E-state index contributed by atoms with van der Waals surface area (Å²) in [5.41, 5.74) is -1.03. The van der Waals surface area contributed by atoms with Crippen LogP contribution in [0.2, 0.25) is 0 Å². The fourth-order valence-electron chi connectivity index (χ4n) is 7.47. The molecule has 3 aliphatic rings. The highest BCUT2D eigenvalue weighted by atomic mass is 16.7. The number of aliphatic hydroxyl groups excluding tert-OH is 2. The molecule has 4 N–H and O–H groups in total. The number of phenols is 1. The first-order valence-electron chi connectivity index (χ1n) is 16.9. The van der Waals surface area contributed by atoms with Crippen molar-refractivity contribution < 1.29 is 58.6 Å². The standard InChI is InChI=1S/C38H44N2O12/c1-19(2)36(47)51-18-52-37(48)40(13-14-50-6)17-21-7-9-22(10-8-21)24-11-12-27(42)30-25(24)15-23-16-26-31(39(4)5)33(44)28(20(3)41)34(45)38(26,49)35(46)29(23)32(30)43/h7-12,19,23,26,31,42,44,46,49H,13-18H2,1-6H3/t23-,26-,31-,38+/m0/s1. The molecule has 14 nitrogen and oxygen atoms in total. The molecule has 5 rings (SSSR count). The van der Waals surface area contributed by atoms with E-state index in [2.05, 4.69) is 0 Å². The van der Waals surface area contributed by atoms with Gasteiger partial charge in [-0.25, -0.2) is 4.79 Å². The van der Waals surface area contributed by atoms with Crippen LogP contribution >= 0.6 is 0 Å². The van der Waals surface area contributed by atoms with Crippen LogP contribution < -0.4 is 0 Å². The SMILES string of the molecule is COCCN(Cc1ccc(-c2ccc(O)c3c2C[C@H]2C[C@H]4[C@H](N(C)C)C(O)=C(C(C)=O)C(=O)[C@@]4(O)C(O)=C2C3=O)cc1)C(=O)OCOC(=O)C(C)C. The molecule has 14 heteroatoms. The smallest absolute Gasteiger partial charge is 0.413 e. The van der Waals surface area contributed by atoms with E-state index in [1.54, 1.807) is 63.2 Å². The number of hydrogen-bond donors (Lipinski definition) is 4. The van der Waals surface area contributed by atoms with Gasteiger partial charge in [0.05, 0.1) is 24.1 Å². The zero-order valence-electron chi connectivity index (χ0n) is 30.0. The number of ketones is 3. The molecular weight excluding hydrogens is 676 g/mol. The van der Waals surface area contributed by atoms with Crippen molar-refractivity contribution in [1.29, 1.82) is 0 Å². The lowest BCUT2D eigenvalue weighted by Crippen LogP contribution is -2.63. The summed E-state index contributed by atoms with van der Waals surface area (Å²) >= 11 is 0. The van der Waals surface area contributed by atoms with Crippen molar-refractivity contribution in [2.45, 2.75) is 51.8 Å². The second-order valence-corrected chi connectivity index (χ2v) is 13.9. The first-order valence-corrected chi connectivity index (χ1v) is 16.9. The number of fused-ring (bicyclic) bond motifs is 3. The Balaban J connectivity index is 1.46. The van der Waals surface area contributed by atoms with E-state index in [1.165, 1.54) is 18.1 Å². The van der Waals surface area contributed by atoms with Crippen LogP contribution in [0.5, 0.6) is 5.75 Å². The maximum absolute atomic E-state index is 14.1. The van der Waals surface area contributed by atoms with Gasteiger partial charge < -0.3 is 39.5 Å². The number of carbonyl (C=O) groups is 5. The second-order valence-electron chi connectivity index (χ2n) is 13.9. The fraction of sp³-hybridized carbons (Fsp3) is 0.447. The minimum absolute atomic E-state index is 0.00299. The van der Waals surface area contributed by atoms with Gasteiger partial charge in [0, 0.05) is 31.7 Å². The molecule has 0 radical (unpaired) electrons. The molecule has 1 amide bonds. The topological polar surface area (TPSA) is 200 Å². The van der Waals surface area contributed by atoms with Gasteiger partial charge in [0.2, 0.25) is 12.6 Å². The van der Waals surface area contributed by atoms with Crippen LogP contribution in [0.25, 0.3) is 11.1 Å². The molecule has 0 unspecified atom stereocenters. The Kier molecular flexibility index (Phi) is 10.9. The number of benzene rings is 2. The highest BCUT2D eigenvalue weighted by Gasteiger charge is 2.63. The highest BCUT2D eigenvalue weighted by molar-refractivity contribution is 6.25. The van der Waals surface area contributed by atoms with Crippen molar-refractivity contribution in [1.82, 2.24) is 9.80 Å². The number of methoxy groups -OCH3 is 1. The molecule has 3 aliphatic carbocycles. The van der Waals surface area contributed by atoms with E-state index in [4.69, 9.17) is 14.2 Å². The van der Waals surface area contributed by atoms with Crippen LogP contribution in [0.3, 0.4) is 0 Å². The summed E-state index contributed by atoms with van der Waals surface area (Å²) in [6.45, 7) is 4.45. The van der Waals surface area contributed by atoms with Gasteiger partial charge in [-0.3, -0.25) is 24.1 Å². The van der Waals surface area contributed by atoms with Crippen LogP contribution in [0.4, 0.5) is 4.79 Å². The summed E-state index contributed by atoms with van der Waals surface area (Å²) < 4.78 is 15.3. The number of rotatable bonds is 11. The number of amides is 1. The van der Waals surface area contributed by atoms with Gasteiger partial charge in [-0.15, -0.1) is 0 Å². The Morgan fingerprint density at radius 2 is 1.67 bits per heavy atom. The van der Waals surface area contributed by atoms with Crippen molar-refractivity contribution in [3.63, 3.8) is 0 Å². The van der Waals surface area contributed by atoms with Gasteiger partial charge in [0.25, 0.3) is 0 Å². The molecule has 0 fully saturated rings. The molecule has 2 aromatic carbocycles. The predicted molar refractivity (Wildman–Crippen MR) is 185 cm³/mol. The molecule has 0 aliphatic heterocycles. The molecule has 4 atom stereocenters. The van der Waals surface area contributed by atoms with Crippen LogP contribution in [0.1, 0.15) is 48.7 Å². The largest absolute Gasteiger partial charge is 0.510 e. The Labute approximate surface area is 300 Å². The number of phenolic OH excluding ortho intramolecular Hbond substituents is 1. The summed E-state index contributed by atoms with van der Waals surface area (Å²) in [5, 5.41) is 45.5. The maximum atomic E-state index is 14.1. The van der Waals surface area contributed by atoms with E-state index in [1.807, 2.05) is 0 Å². The summed E-state index contributed by atoms with van der Waals surface area (Å²) in [4.78, 5) is 67.7.